The van der Waals surface area contributed by atoms with Gasteiger partial charge < -0.3 is 0 Å². The van der Waals surface area contributed by atoms with Crippen LogP contribution in [0.15, 0.2) is 60.7 Å². The molecular formula is C23H24N2O. The van der Waals surface area contributed by atoms with Gasteiger partial charge in [-0.15, -0.1) is 0 Å². The van der Waals surface area contributed by atoms with Gasteiger partial charge in [0.05, 0.1) is 12.1 Å². The first-order valence-electron chi connectivity index (χ1n) is 9.63. The summed E-state index contributed by atoms with van der Waals surface area (Å²) >= 11 is 0. The molecule has 0 amide bonds. The summed E-state index contributed by atoms with van der Waals surface area (Å²) in [6.45, 7) is 3.82. The Bertz CT molecular complexity index is 872. The highest BCUT2D eigenvalue weighted by Crippen LogP contribution is 2.29. The first kappa shape index (κ1) is 16.0. The fraction of sp³-hybridized carbons (Fsp3) is 0.348. The van der Waals surface area contributed by atoms with E-state index < -0.39 is 0 Å². The minimum Gasteiger partial charge on any atom is -0.293 e. The molecule has 2 unspecified atom stereocenters. The number of nitrogens with zero attached hydrogens (tertiary/aromatic N) is 2. The average Bonchev–Trinajstić information content (AvgIpc) is 3.08. The predicted octanol–water partition coefficient (Wildman–Crippen LogP) is 2.98. The number of carbonyl (C=O) groups excluding carboxylic acids is 1. The molecule has 3 aliphatic rings. The van der Waals surface area contributed by atoms with Crippen LogP contribution in [0.25, 0.3) is 0 Å². The van der Waals surface area contributed by atoms with Crippen molar-refractivity contribution in [3.8, 4) is 0 Å². The highest BCUT2D eigenvalue weighted by molar-refractivity contribution is 5.98. The van der Waals surface area contributed by atoms with E-state index in [0.717, 1.165) is 39.0 Å². The zero-order valence-corrected chi connectivity index (χ0v) is 15.0. The molecule has 5 rings (SSSR count). The van der Waals surface area contributed by atoms with Crippen LogP contribution in [-0.2, 0) is 30.7 Å². The Balaban J connectivity index is 1.38. The lowest BCUT2D eigenvalue weighted by atomic mass is 9.94. The molecule has 0 saturated carbocycles. The molecule has 2 aromatic carbocycles. The van der Waals surface area contributed by atoms with E-state index in [0.29, 0.717) is 0 Å². The number of benzene rings is 2. The van der Waals surface area contributed by atoms with Crippen LogP contribution in [-0.4, -0.2) is 40.8 Å². The topological polar surface area (TPSA) is 23.6 Å². The molecule has 0 saturated heterocycles. The van der Waals surface area contributed by atoms with Crippen LogP contribution in [0.1, 0.15) is 22.3 Å². The summed E-state index contributed by atoms with van der Waals surface area (Å²) in [5.41, 5.74) is 5.68. The Labute approximate surface area is 154 Å². The number of rotatable bonds is 2. The van der Waals surface area contributed by atoms with Crippen molar-refractivity contribution >= 4 is 5.78 Å². The summed E-state index contributed by atoms with van der Waals surface area (Å²) < 4.78 is 0. The fourth-order valence-electron chi connectivity index (χ4n) is 4.81. The van der Waals surface area contributed by atoms with Crippen molar-refractivity contribution in [3.63, 3.8) is 0 Å². The Morgan fingerprint density at radius 1 is 0.731 bits per heavy atom. The van der Waals surface area contributed by atoms with Gasteiger partial charge >= 0.3 is 0 Å². The van der Waals surface area contributed by atoms with Crippen molar-refractivity contribution in [2.24, 2.45) is 0 Å². The number of hydrogen-bond acceptors (Lipinski definition) is 3. The lowest BCUT2D eigenvalue weighted by molar-refractivity contribution is -0.120. The van der Waals surface area contributed by atoms with Gasteiger partial charge in [-0.1, -0.05) is 54.6 Å². The van der Waals surface area contributed by atoms with Gasteiger partial charge in [-0.05, 0) is 41.2 Å². The molecule has 132 valence electrons. The molecule has 2 aliphatic heterocycles. The van der Waals surface area contributed by atoms with Crippen LogP contribution in [0, 0.1) is 0 Å². The molecule has 2 heterocycles. The summed E-state index contributed by atoms with van der Waals surface area (Å²) in [4.78, 5) is 17.6. The smallest absolute Gasteiger partial charge is 0.174 e. The summed E-state index contributed by atoms with van der Waals surface area (Å²) in [6, 6.07) is 17.5. The Morgan fingerprint density at radius 2 is 1.27 bits per heavy atom. The second-order valence-electron chi connectivity index (χ2n) is 7.68. The highest BCUT2D eigenvalue weighted by Gasteiger charge is 2.40. The molecular weight excluding hydrogens is 320 g/mol. The maximum Gasteiger partial charge on any atom is 0.174 e. The van der Waals surface area contributed by atoms with Gasteiger partial charge in [-0.3, -0.25) is 14.6 Å². The normalized spacial score (nSPS) is 25.9. The monoisotopic (exact) mass is 344 g/mol. The Morgan fingerprint density at radius 3 is 1.92 bits per heavy atom. The number of carbonyl (C=O) groups is 1. The van der Waals surface area contributed by atoms with Gasteiger partial charge in [-0.2, -0.15) is 0 Å². The van der Waals surface area contributed by atoms with E-state index in [1.165, 1.54) is 22.3 Å². The summed E-state index contributed by atoms with van der Waals surface area (Å²) in [5, 5.41) is 0. The van der Waals surface area contributed by atoms with Crippen LogP contribution in [0.3, 0.4) is 0 Å². The van der Waals surface area contributed by atoms with Gasteiger partial charge in [0.2, 0.25) is 0 Å². The van der Waals surface area contributed by atoms with E-state index in [9.17, 15) is 4.79 Å². The molecule has 1 aliphatic carbocycles. The van der Waals surface area contributed by atoms with E-state index in [1.54, 1.807) is 0 Å². The molecule has 0 radical (unpaired) electrons. The predicted molar refractivity (Wildman–Crippen MR) is 103 cm³/mol. The molecule has 0 fully saturated rings. The van der Waals surface area contributed by atoms with Crippen molar-refractivity contribution in [1.29, 1.82) is 0 Å². The number of ketones is 1. The van der Waals surface area contributed by atoms with Gasteiger partial charge in [0.25, 0.3) is 0 Å². The zero-order valence-electron chi connectivity index (χ0n) is 15.0. The van der Waals surface area contributed by atoms with E-state index in [2.05, 4.69) is 64.4 Å². The third-order valence-electron chi connectivity index (χ3n) is 6.21. The van der Waals surface area contributed by atoms with Gasteiger partial charge in [0, 0.05) is 26.2 Å². The first-order chi connectivity index (χ1) is 12.8. The van der Waals surface area contributed by atoms with E-state index >= 15 is 0 Å². The van der Waals surface area contributed by atoms with E-state index in [-0.39, 0.29) is 17.9 Å². The maximum atomic E-state index is 12.7. The average molecular weight is 344 g/mol. The SMILES string of the molecule is O=C1C=CC(N2CCc3ccccc3C2)C1N1CCc2ccccc2C1. The van der Waals surface area contributed by atoms with Crippen molar-refractivity contribution in [2.45, 2.75) is 38.0 Å². The molecule has 2 atom stereocenters. The third-order valence-corrected chi connectivity index (χ3v) is 6.21. The highest BCUT2D eigenvalue weighted by atomic mass is 16.1. The van der Waals surface area contributed by atoms with Crippen molar-refractivity contribution in [1.82, 2.24) is 9.80 Å². The second kappa shape index (κ2) is 6.49. The molecule has 0 aromatic heterocycles. The van der Waals surface area contributed by atoms with Crippen LogP contribution in [0.4, 0.5) is 0 Å². The van der Waals surface area contributed by atoms with Crippen LogP contribution in [0.5, 0.6) is 0 Å². The zero-order chi connectivity index (χ0) is 17.5. The van der Waals surface area contributed by atoms with Crippen LogP contribution in [0.2, 0.25) is 0 Å². The van der Waals surface area contributed by atoms with Crippen molar-refractivity contribution in [3.05, 3.63) is 82.9 Å². The second-order valence-corrected chi connectivity index (χ2v) is 7.68. The standard InChI is InChI=1S/C23H24N2O/c26-22-10-9-21(24-13-11-17-5-1-3-7-19(17)15-24)23(22)25-14-12-18-6-2-4-8-20(18)16-25/h1-10,21,23H,11-16H2. The maximum absolute atomic E-state index is 12.7. The van der Waals surface area contributed by atoms with Crippen LogP contribution < -0.4 is 0 Å². The van der Waals surface area contributed by atoms with Crippen molar-refractivity contribution < 1.29 is 4.79 Å². The molecule has 0 spiro atoms. The molecule has 3 nitrogen and oxygen atoms in total. The molecule has 26 heavy (non-hydrogen) atoms. The minimum absolute atomic E-state index is 0.0337. The number of fused-ring (bicyclic) bond motifs is 2. The third kappa shape index (κ3) is 2.72. The molecule has 3 heteroatoms. The van der Waals surface area contributed by atoms with E-state index in [1.807, 2.05) is 6.08 Å². The summed E-state index contributed by atoms with van der Waals surface area (Å²) in [7, 11) is 0. The van der Waals surface area contributed by atoms with E-state index in [4.69, 9.17) is 0 Å². The van der Waals surface area contributed by atoms with Gasteiger partial charge in [-0.25, -0.2) is 0 Å². The molecule has 0 N–H and O–H groups in total. The Hall–Kier alpha value is -2.23. The fourth-order valence-corrected chi connectivity index (χ4v) is 4.81. The first-order valence-corrected chi connectivity index (χ1v) is 9.63. The largest absolute Gasteiger partial charge is 0.293 e. The quantitative estimate of drug-likeness (QED) is 0.837. The summed E-state index contributed by atoms with van der Waals surface area (Å²) in [5.74, 6) is 0.272. The molecule has 2 aromatic rings. The summed E-state index contributed by atoms with van der Waals surface area (Å²) in [6.07, 6.45) is 6.07. The molecule has 0 bridgehead atoms. The van der Waals surface area contributed by atoms with Gasteiger partial charge in [0.1, 0.15) is 0 Å². The van der Waals surface area contributed by atoms with Crippen molar-refractivity contribution in [2.75, 3.05) is 13.1 Å². The Kier molecular flexibility index (Phi) is 3.99. The number of hydrogen-bond donors (Lipinski definition) is 0. The van der Waals surface area contributed by atoms with Gasteiger partial charge in [0.15, 0.2) is 5.78 Å². The minimum atomic E-state index is -0.0337. The lowest BCUT2D eigenvalue weighted by Gasteiger charge is -2.41. The lowest BCUT2D eigenvalue weighted by Crippen LogP contribution is -2.54. The van der Waals surface area contributed by atoms with Crippen LogP contribution >= 0.6 is 0 Å².